The molecule has 1 aliphatic rings. The van der Waals surface area contributed by atoms with E-state index in [0.29, 0.717) is 0 Å². The third-order valence-corrected chi connectivity index (χ3v) is 2.85. The van der Waals surface area contributed by atoms with Crippen molar-refractivity contribution in [3.8, 4) is 11.5 Å². The highest BCUT2D eigenvalue weighted by molar-refractivity contribution is 5.85. The predicted octanol–water partition coefficient (Wildman–Crippen LogP) is 1.81. The fourth-order valence-corrected chi connectivity index (χ4v) is 2.00. The minimum absolute atomic E-state index is 0. The lowest BCUT2D eigenvalue weighted by Crippen LogP contribution is -2.16. The molecule has 16 heavy (non-hydrogen) atoms. The molecule has 0 spiro atoms. The molecule has 3 nitrogen and oxygen atoms in total. The molecule has 0 aliphatic carbocycles. The van der Waals surface area contributed by atoms with E-state index in [-0.39, 0.29) is 12.4 Å². The Bertz CT molecular complexity index is 322. The maximum Gasteiger partial charge on any atom is 0.161 e. The number of ether oxygens (including phenoxy) is 2. The van der Waals surface area contributed by atoms with Gasteiger partial charge >= 0.3 is 0 Å². The van der Waals surface area contributed by atoms with Crippen molar-refractivity contribution in [3.05, 3.63) is 23.3 Å². The van der Waals surface area contributed by atoms with E-state index < -0.39 is 0 Å². The molecule has 1 N–H and O–H groups in total. The van der Waals surface area contributed by atoms with Crippen LogP contribution in [0.1, 0.15) is 11.1 Å². The van der Waals surface area contributed by atoms with Crippen LogP contribution in [-0.4, -0.2) is 27.3 Å². The van der Waals surface area contributed by atoms with Crippen LogP contribution < -0.4 is 14.8 Å². The van der Waals surface area contributed by atoms with Crippen molar-refractivity contribution >= 4 is 12.4 Å². The van der Waals surface area contributed by atoms with Gasteiger partial charge in [0.2, 0.25) is 0 Å². The molecule has 1 aromatic rings. The summed E-state index contributed by atoms with van der Waals surface area (Å²) >= 11 is 0. The molecule has 0 amide bonds. The van der Waals surface area contributed by atoms with Crippen molar-refractivity contribution in [1.29, 1.82) is 0 Å². The second kappa shape index (κ2) is 5.97. The van der Waals surface area contributed by atoms with E-state index >= 15 is 0 Å². The molecule has 1 aliphatic heterocycles. The van der Waals surface area contributed by atoms with Gasteiger partial charge in [0.1, 0.15) is 0 Å². The standard InChI is InChI=1S/C12H17NO2.ClH/c1-14-11-7-9-3-5-13-6-4-10(9)8-12(11)15-2;/h7-8,13H,3-6H2,1-2H3;1H. The fourth-order valence-electron chi connectivity index (χ4n) is 2.00. The van der Waals surface area contributed by atoms with Crippen LogP contribution in [-0.2, 0) is 12.8 Å². The quantitative estimate of drug-likeness (QED) is 0.860. The molecule has 1 aromatic carbocycles. The van der Waals surface area contributed by atoms with Crippen molar-refractivity contribution < 1.29 is 9.47 Å². The van der Waals surface area contributed by atoms with Crippen LogP contribution in [0.2, 0.25) is 0 Å². The van der Waals surface area contributed by atoms with E-state index in [2.05, 4.69) is 17.4 Å². The molecule has 0 fully saturated rings. The minimum Gasteiger partial charge on any atom is -0.493 e. The highest BCUT2D eigenvalue weighted by Gasteiger charge is 2.12. The molecule has 2 rings (SSSR count). The van der Waals surface area contributed by atoms with Gasteiger partial charge in [-0.25, -0.2) is 0 Å². The van der Waals surface area contributed by atoms with Gasteiger partial charge in [0.15, 0.2) is 11.5 Å². The Balaban J connectivity index is 0.00000128. The summed E-state index contributed by atoms with van der Waals surface area (Å²) in [5.74, 6) is 1.66. The summed E-state index contributed by atoms with van der Waals surface area (Å²) in [6.45, 7) is 2.09. The van der Waals surface area contributed by atoms with Crippen LogP contribution >= 0.6 is 12.4 Å². The van der Waals surface area contributed by atoms with Crippen LogP contribution in [0.15, 0.2) is 12.1 Å². The van der Waals surface area contributed by atoms with Crippen LogP contribution in [0.4, 0.5) is 0 Å². The predicted molar refractivity (Wildman–Crippen MR) is 67.1 cm³/mol. The molecule has 0 unspecified atom stereocenters. The van der Waals surface area contributed by atoms with Crippen molar-refractivity contribution in [2.24, 2.45) is 0 Å². The first-order valence-electron chi connectivity index (χ1n) is 5.29. The molecule has 0 saturated heterocycles. The smallest absolute Gasteiger partial charge is 0.161 e. The molecule has 0 radical (unpaired) electrons. The van der Waals surface area contributed by atoms with E-state index in [1.807, 2.05) is 0 Å². The third-order valence-electron chi connectivity index (χ3n) is 2.85. The van der Waals surface area contributed by atoms with Gasteiger partial charge < -0.3 is 14.8 Å². The number of hydrogen-bond donors (Lipinski definition) is 1. The summed E-state index contributed by atoms with van der Waals surface area (Å²) in [6.07, 6.45) is 2.13. The van der Waals surface area contributed by atoms with E-state index in [1.54, 1.807) is 14.2 Å². The second-order valence-electron chi connectivity index (χ2n) is 3.73. The maximum atomic E-state index is 5.30. The van der Waals surface area contributed by atoms with Crippen LogP contribution in [0.3, 0.4) is 0 Å². The SMILES string of the molecule is COc1cc2c(cc1OC)CCNCC2.Cl. The highest BCUT2D eigenvalue weighted by atomic mass is 35.5. The Morgan fingerprint density at radius 2 is 1.38 bits per heavy atom. The molecule has 4 heteroatoms. The second-order valence-corrected chi connectivity index (χ2v) is 3.73. The first kappa shape index (κ1) is 13.1. The van der Waals surface area contributed by atoms with E-state index in [0.717, 1.165) is 37.4 Å². The third kappa shape index (κ3) is 2.60. The van der Waals surface area contributed by atoms with Crippen molar-refractivity contribution in [2.45, 2.75) is 12.8 Å². The van der Waals surface area contributed by atoms with Crippen LogP contribution in [0.25, 0.3) is 0 Å². The summed E-state index contributed by atoms with van der Waals surface area (Å²) in [5.41, 5.74) is 2.75. The largest absolute Gasteiger partial charge is 0.493 e. The highest BCUT2D eigenvalue weighted by Crippen LogP contribution is 2.31. The molecular formula is C12H18ClNO2. The zero-order valence-corrected chi connectivity index (χ0v) is 10.5. The van der Waals surface area contributed by atoms with Gasteiger partial charge in [-0.2, -0.15) is 0 Å². The maximum absolute atomic E-state index is 5.30. The summed E-state index contributed by atoms with van der Waals surface area (Å²) in [7, 11) is 3.36. The Morgan fingerprint density at radius 3 is 1.75 bits per heavy atom. The number of methoxy groups -OCH3 is 2. The number of benzene rings is 1. The zero-order valence-electron chi connectivity index (χ0n) is 9.71. The Hall–Kier alpha value is -0.930. The normalized spacial score (nSPS) is 14.4. The van der Waals surface area contributed by atoms with Crippen molar-refractivity contribution in [3.63, 3.8) is 0 Å². The molecule has 1 heterocycles. The first-order valence-corrected chi connectivity index (χ1v) is 5.29. The number of hydrogen-bond acceptors (Lipinski definition) is 3. The molecule has 0 atom stereocenters. The van der Waals surface area contributed by atoms with E-state index in [9.17, 15) is 0 Å². The van der Waals surface area contributed by atoms with E-state index in [1.165, 1.54) is 11.1 Å². The zero-order chi connectivity index (χ0) is 10.7. The van der Waals surface area contributed by atoms with Crippen LogP contribution in [0.5, 0.6) is 11.5 Å². The van der Waals surface area contributed by atoms with Gasteiger partial charge in [-0.15, -0.1) is 12.4 Å². The Kier molecular flexibility index (Phi) is 4.90. The van der Waals surface area contributed by atoms with Gasteiger partial charge in [-0.1, -0.05) is 0 Å². The number of rotatable bonds is 2. The van der Waals surface area contributed by atoms with Gasteiger partial charge in [-0.3, -0.25) is 0 Å². The molecular weight excluding hydrogens is 226 g/mol. The molecule has 0 bridgehead atoms. The monoisotopic (exact) mass is 243 g/mol. The Labute approximate surface area is 103 Å². The summed E-state index contributed by atoms with van der Waals surface area (Å²) < 4.78 is 10.6. The molecule has 0 aromatic heterocycles. The summed E-state index contributed by atoms with van der Waals surface area (Å²) in [6, 6.07) is 4.20. The number of fused-ring (bicyclic) bond motifs is 1. The van der Waals surface area contributed by atoms with Gasteiger partial charge in [0.25, 0.3) is 0 Å². The number of halogens is 1. The average Bonchev–Trinajstić information content (AvgIpc) is 2.51. The minimum atomic E-state index is 0. The fraction of sp³-hybridized carbons (Fsp3) is 0.500. The topological polar surface area (TPSA) is 30.5 Å². The Morgan fingerprint density at radius 1 is 0.938 bits per heavy atom. The van der Waals surface area contributed by atoms with Crippen molar-refractivity contribution in [2.75, 3.05) is 27.3 Å². The molecule has 0 saturated carbocycles. The summed E-state index contributed by atoms with van der Waals surface area (Å²) in [4.78, 5) is 0. The van der Waals surface area contributed by atoms with Crippen LogP contribution in [0, 0.1) is 0 Å². The van der Waals surface area contributed by atoms with Gasteiger partial charge in [0, 0.05) is 0 Å². The van der Waals surface area contributed by atoms with Gasteiger partial charge in [0.05, 0.1) is 14.2 Å². The number of nitrogens with one attached hydrogen (secondary N) is 1. The lowest BCUT2D eigenvalue weighted by Gasteiger charge is -2.12. The molecule has 90 valence electrons. The summed E-state index contributed by atoms with van der Waals surface area (Å²) in [5, 5.41) is 3.39. The lowest BCUT2D eigenvalue weighted by atomic mass is 10.0. The van der Waals surface area contributed by atoms with Crippen molar-refractivity contribution in [1.82, 2.24) is 5.32 Å². The van der Waals surface area contributed by atoms with E-state index in [4.69, 9.17) is 9.47 Å². The van der Waals surface area contributed by atoms with Gasteiger partial charge in [-0.05, 0) is 49.2 Å². The first-order chi connectivity index (χ1) is 7.35. The average molecular weight is 244 g/mol. The lowest BCUT2D eigenvalue weighted by molar-refractivity contribution is 0.354.